The molecule has 0 amide bonds. The van der Waals surface area contributed by atoms with Crippen molar-refractivity contribution in [3.05, 3.63) is 35.9 Å². The molecule has 0 bridgehead atoms. The maximum Gasteiger partial charge on any atom is 0.193 e. The molecule has 0 aliphatic carbocycles. The number of nitrogens with zero attached hydrogens (tertiary/aromatic N) is 2. The van der Waals surface area contributed by atoms with E-state index in [1.807, 2.05) is 13.1 Å². The fourth-order valence-corrected chi connectivity index (χ4v) is 4.20. The summed E-state index contributed by atoms with van der Waals surface area (Å²) >= 11 is 2.10. The second-order valence-electron chi connectivity index (χ2n) is 6.82. The van der Waals surface area contributed by atoms with Crippen LogP contribution in [0.4, 0.5) is 0 Å². The lowest BCUT2D eigenvalue weighted by molar-refractivity contribution is 0.117. The third-order valence-corrected chi connectivity index (χ3v) is 6.00. The minimum atomic E-state index is 0. The topological polar surface area (TPSA) is 36.9 Å². The van der Waals surface area contributed by atoms with E-state index >= 15 is 0 Å². The Kier molecular flexibility index (Phi) is 12.4. The summed E-state index contributed by atoms with van der Waals surface area (Å²) in [5.41, 5.74) is 1.24. The molecule has 0 saturated carbocycles. The number of rotatable bonds is 8. The van der Waals surface area contributed by atoms with E-state index in [2.05, 4.69) is 65.1 Å². The predicted molar refractivity (Wildman–Crippen MR) is 125 cm³/mol. The third kappa shape index (κ3) is 8.48. The fourth-order valence-electron chi connectivity index (χ4n) is 2.90. The van der Waals surface area contributed by atoms with Gasteiger partial charge in [-0.1, -0.05) is 44.2 Å². The van der Waals surface area contributed by atoms with Crippen LogP contribution in [0.2, 0.25) is 0 Å². The fraction of sp³-hybridized carbons (Fsp3) is 0.650. The predicted octanol–water partition coefficient (Wildman–Crippen LogP) is 4.25. The summed E-state index contributed by atoms with van der Waals surface area (Å²) in [5, 5.41) is 4.23. The van der Waals surface area contributed by atoms with Crippen molar-refractivity contribution in [2.24, 2.45) is 10.9 Å². The van der Waals surface area contributed by atoms with E-state index in [4.69, 9.17) is 4.74 Å². The SMILES string of the molecule is CN=C(NCCCCOCc1ccccc1)N1CCSC(C(C)C)C1.I. The second kappa shape index (κ2) is 13.7. The first-order chi connectivity index (χ1) is 12.2. The quantitative estimate of drug-likeness (QED) is 0.255. The Hall–Kier alpha value is -0.470. The van der Waals surface area contributed by atoms with Crippen LogP contribution < -0.4 is 5.32 Å². The molecule has 6 heteroatoms. The average Bonchev–Trinajstić information content (AvgIpc) is 2.65. The molecule has 1 aliphatic heterocycles. The van der Waals surface area contributed by atoms with Crippen LogP contribution >= 0.6 is 35.7 Å². The molecular weight excluding hydrogens is 457 g/mol. The molecular formula is C20H34IN3OS. The lowest BCUT2D eigenvalue weighted by Crippen LogP contribution is -2.49. The first-order valence-electron chi connectivity index (χ1n) is 9.39. The Morgan fingerprint density at radius 2 is 2.08 bits per heavy atom. The molecule has 1 aliphatic rings. The van der Waals surface area contributed by atoms with Gasteiger partial charge in [-0.05, 0) is 24.3 Å². The van der Waals surface area contributed by atoms with Crippen molar-refractivity contribution in [2.75, 3.05) is 39.0 Å². The molecule has 1 fully saturated rings. The molecule has 1 heterocycles. The van der Waals surface area contributed by atoms with Crippen LogP contribution in [-0.4, -0.2) is 55.2 Å². The Balaban J connectivity index is 0.00000338. The number of aliphatic imine (C=N–C) groups is 1. The van der Waals surface area contributed by atoms with Gasteiger partial charge in [-0.2, -0.15) is 11.8 Å². The number of guanidine groups is 1. The summed E-state index contributed by atoms with van der Waals surface area (Å²) < 4.78 is 5.74. The van der Waals surface area contributed by atoms with Crippen molar-refractivity contribution in [1.82, 2.24) is 10.2 Å². The largest absolute Gasteiger partial charge is 0.377 e. The van der Waals surface area contributed by atoms with Crippen LogP contribution in [0.25, 0.3) is 0 Å². The zero-order chi connectivity index (χ0) is 17.9. The van der Waals surface area contributed by atoms with E-state index in [9.17, 15) is 0 Å². The average molecular weight is 491 g/mol. The van der Waals surface area contributed by atoms with Crippen molar-refractivity contribution in [3.63, 3.8) is 0 Å². The normalized spacial score (nSPS) is 17.9. The molecule has 0 aromatic heterocycles. The number of ether oxygens (including phenoxy) is 1. The van der Waals surface area contributed by atoms with E-state index in [0.717, 1.165) is 45.0 Å². The smallest absolute Gasteiger partial charge is 0.193 e. The Labute approximate surface area is 180 Å². The van der Waals surface area contributed by atoms with Crippen molar-refractivity contribution in [3.8, 4) is 0 Å². The van der Waals surface area contributed by atoms with E-state index in [0.29, 0.717) is 17.8 Å². The molecule has 148 valence electrons. The van der Waals surface area contributed by atoms with Gasteiger partial charge in [0, 0.05) is 44.3 Å². The molecule has 1 aromatic rings. The van der Waals surface area contributed by atoms with E-state index in [-0.39, 0.29) is 24.0 Å². The molecule has 1 atom stereocenters. The molecule has 1 saturated heterocycles. The first kappa shape index (κ1) is 23.6. The molecule has 1 unspecified atom stereocenters. The maximum absolute atomic E-state index is 5.74. The zero-order valence-corrected chi connectivity index (χ0v) is 19.5. The Morgan fingerprint density at radius 3 is 2.77 bits per heavy atom. The van der Waals surface area contributed by atoms with Gasteiger partial charge in [-0.15, -0.1) is 24.0 Å². The van der Waals surface area contributed by atoms with Gasteiger partial charge in [0.15, 0.2) is 5.96 Å². The summed E-state index contributed by atoms with van der Waals surface area (Å²) in [4.78, 5) is 6.88. The summed E-state index contributed by atoms with van der Waals surface area (Å²) in [5.74, 6) is 2.96. The lowest BCUT2D eigenvalue weighted by Gasteiger charge is -2.36. The van der Waals surface area contributed by atoms with Gasteiger partial charge in [-0.3, -0.25) is 4.99 Å². The molecule has 2 rings (SSSR count). The molecule has 1 N–H and O–H groups in total. The minimum absolute atomic E-state index is 0. The zero-order valence-electron chi connectivity index (χ0n) is 16.3. The third-order valence-electron chi connectivity index (χ3n) is 4.46. The second-order valence-corrected chi connectivity index (χ2v) is 8.17. The number of unbranched alkanes of at least 4 members (excludes halogenated alkanes) is 1. The van der Waals surface area contributed by atoms with Crippen molar-refractivity contribution < 1.29 is 4.74 Å². The number of hydrogen-bond donors (Lipinski definition) is 1. The van der Waals surface area contributed by atoms with Gasteiger partial charge >= 0.3 is 0 Å². The Bertz CT molecular complexity index is 513. The first-order valence-corrected chi connectivity index (χ1v) is 10.4. The van der Waals surface area contributed by atoms with Gasteiger partial charge in [0.05, 0.1) is 6.61 Å². The van der Waals surface area contributed by atoms with Crippen molar-refractivity contribution in [2.45, 2.75) is 38.5 Å². The number of halogens is 1. The molecule has 26 heavy (non-hydrogen) atoms. The number of hydrogen-bond acceptors (Lipinski definition) is 3. The Morgan fingerprint density at radius 1 is 1.31 bits per heavy atom. The highest BCUT2D eigenvalue weighted by Crippen LogP contribution is 2.24. The number of nitrogens with one attached hydrogen (secondary N) is 1. The van der Waals surface area contributed by atoms with E-state index in [1.165, 1.54) is 11.3 Å². The van der Waals surface area contributed by atoms with Crippen LogP contribution in [0, 0.1) is 5.92 Å². The highest BCUT2D eigenvalue weighted by molar-refractivity contribution is 14.0. The summed E-state index contributed by atoms with van der Waals surface area (Å²) in [7, 11) is 1.89. The minimum Gasteiger partial charge on any atom is -0.377 e. The number of benzene rings is 1. The maximum atomic E-state index is 5.74. The van der Waals surface area contributed by atoms with Crippen molar-refractivity contribution >= 4 is 41.7 Å². The molecule has 4 nitrogen and oxygen atoms in total. The van der Waals surface area contributed by atoms with E-state index < -0.39 is 0 Å². The molecule has 1 aromatic carbocycles. The highest BCUT2D eigenvalue weighted by Gasteiger charge is 2.24. The van der Waals surface area contributed by atoms with Crippen molar-refractivity contribution in [1.29, 1.82) is 0 Å². The van der Waals surface area contributed by atoms with Gasteiger partial charge in [-0.25, -0.2) is 0 Å². The molecule has 0 spiro atoms. The lowest BCUT2D eigenvalue weighted by atomic mass is 10.1. The van der Waals surface area contributed by atoms with Gasteiger partial charge in [0.25, 0.3) is 0 Å². The monoisotopic (exact) mass is 491 g/mol. The number of thioether (sulfide) groups is 1. The van der Waals surface area contributed by atoms with Gasteiger partial charge in [0.1, 0.15) is 0 Å². The summed E-state index contributed by atoms with van der Waals surface area (Å²) in [6.07, 6.45) is 2.17. The van der Waals surface area contributed by atoms with Crippen LogP contribution in [0.15, 0.2) is 35.3 Å². The van der Waals surface area contributed by atoms with Crippen LogP contribution in [-0.2, 0) is 11.3 Å². The molecule has 0 radical (unpaired) electrons. The highest BCUT2D eigenvalue weighted by atomic mass is 127. The van der Waals surface area contributed by atoms with Crippen LogP contribution in [0.3, 0.4) is 0 Å². The van der Waals surface area contributed by atoms with E-state index in [1.54, 1.807) is 0 Å². The summed E-state index contributed by atoms with van der Waals surface area (Å²) in [6.45, 7) is 9.29. The van der Waals surface area contributed by atoms with Crippen LogP contribution in [0.1, 0.15) is 32.3 Å². The van der Waals surface area contributed by atoms with Crippen LogP contribution in [0.5, 0.6) is 0 Å². The summed E-state index contributed by atoms with van der Waals surface area (Å²) in [6, 6.07) is 10.3. The van der Waals surface area contributed by atoms with Gasteiger partial charge < -0.3 is 15.0 Å². The van der Waals surface area contributed by atoms with Gasteiger partial charge in [0.2, 0.25) is 0 Å². The standard InChI is InChI=1S/C20H33N3OS.HI/c1-17(2)19-15-23(12-14-25-19)20(21-3)22-11-7-8-13-24-16-18-9-5-4-6-10-18;/h4-6,9-10,17,19H,7-8,11-16H2,1-3H3,(H,21,22);1H.